The third-order valence-electron chi connectivity index (χ3n) is 6.94. The summed E-state index contributed by atoms with van der Waals surface area (Å²) in [5.74, 6) is 6.41. The number of hydrazone groups is 1. The van der Waals surface area contributed by atoms with Crippen LogP contribution in [0.15, 0.2) is 36.1 Å². The molecule has 1 saturated heterocycles. The fourth-order valence-corrected chi connectivity index (χ4v) is 5.10. The predicted molar refractivity (Wildman–Crippen MR) is 124 cm³/mol. The highest BCUT2D eigenvalue weighted by atomic mass is 15.4. The van der Waals surface area contributed by atoms with Gasteiger partial charge in [0.2, 0.25) is 5.96 Å². The van der Waals surface area contributed by atoms with Crippen LogP contribution in [0.25, 0.3) is 22.3 Å². The molecule has 0 radical (unpaired) electrons. The van der Waals surface area contributed by atoms with Crippen LogP contribution in [0.1, 0.15) is 12.8 Å². The molecule has 0 spiro atoms. The summed E-state index contributed by atoms with van der Waals surface area (Å²) in [7, 11) is 3.95. The molecule has 3 aromatic heterocycles. The zero-order chi connectivity index (χ0) is 22.3. The zero-order valence-electron chi connectivity index (χ0n) is 18.6. The van der Waals surface area contributed by atoms with Gasteiger partial charge in [0.1, 0.15) is 12.0 Å². The van der Waals surface area contributed by atoms with Crippen molar-refractivity contribution in [1.82, 2.24) is 39.4 Å². The largest absolute Gasteiger partial charge is 0.347 e. The number of nitrogens with two attached hydrogens (primary N) is 2. The van der Waals surface area contributed by atoms with E-state index in [-0.39, 0.29) is 5.54 Å². The summed E-state index contributed by atoms with van der Waals surface area (Å²) >= 11 is 0. The lowest BCUT2D eigenvalue weighted by Crippen LogP contribution is -2.63. The second-order valence-corrected chi connectivity index (χ2v) is 8.97. The first-order valence-corrected chi connectivity index (χ1v) is 11.0. The number of fused-ring (bicyclic) bond motifs is 1. The van der Waals surface area contributed by atoms with Crippen LogP contribution in [0.3, 0.4) is 0 Å². The van der Waals surface area contributed by atoms with Gasteiger partial charge in [0.25, 0.3) is 0 Å². The smallest absolute Gasteiger partial charge is 0.218 e. The van der Waals surface area contributed by atoms with E-state index in [0.717, 1.165) is 67.3 Å². The lowest BCUT2D eigenvalue weighted by molar-refractivity contribution is -0.00852. The van der Waals surface area contributed by atoms with Gasteiger partial charge in [-0.3, -0.25) is 9.58 Å². The summed E-state index contributed by atoms with van der Waals surface area (Å²) in [4.78, 5) is 18.7. The fraction of sp³-hybridized carbons (Fsp3) is 0.524. The van der Waals surface area contributed by atoms with Crippen LogP contribution in [-0.2, 0) is 5.54 Å². The molecule has 1 aliphatic heterocycles. The van der Waals surface area contributed by atoms with Crippen LogP contribution in [0.5, 0.6) is 0 Å². The average molecular weight is 438 g/mol. The fourth-order valence-electron chi connectivity index (χ4n) is 5.10. The molecule has 2 fully saturated rings. The molecule has 5 rings (SSSR count). The number of H-pyrrole nitrogens is 1. The molecular weight excluding hydrogens is 406 g/mol. The zero-order valence-corrected chi connectivity index (χ0v) is 18.6. The molecule has 170 valence electrons. The average Bonchev–Trinajstić information content (AvgIpc) is 3.44. The van der Waals surface area contributed by atoms with Crippen LogP contribution in [0.4, 0.5) is 0 Å². The number of nitrogens with zero attached hydrogens (tertiary/aromatic N) is 8. The van der Waals surface area contributed by atoms with Gasteiger partial charge in [-0.05, 0) is 18.9 Å². The van der Waals surface area contributed by atoms with Gasteiger partial charge >= 0.3 is 0 Å². The van der Waals surface area contributed by atoms with Crippen molar-refractivity contribution < 1.29 is 0 Å². The molecule has 11 heteroatoms. The lowest BCUT2D eigenvalue weighted by atomic mass is 9.71. The van der Waals surface area contributed by atoms with E-state index in [0.29, 0.717) is 12.6 Å². The van der Waals surface area contributed by atoms with Crippen LogP contribution in [0.2, 0.25) is 0 Å². The van der Waals surface area contributed by atoms with Crippen molar-refractivity contribution in [2.24, 2.45) is 16.7 Å². The van der Waals surface area contributed by atoms with Crippen LogP contribution in [0, 0.1) is 0 Å². The van der Waals surface area contributed by atoms with Crippen molar-refractivity contribution in [2.75, 3.05) is 46.8 Å². The Morgan fingerprint density at radius 2 is 2.03 bits per heavy atom. The molecule has 0 unspecified atom stereocenters. The molecule has 5 N–H and O–H groups in total. The number of guanidine groups is 1. The number of piperazine rings is 1. The van der Waals surface area contributed by atoms with Gasteiger partial charge in [0.05, 0.1) is 17.4 Å². The molecule has 0 aromatic carbocycles. The van der Waals surface area contributed by atoms with Gasteiger partial charge in [-0.1, -0.05) is 0 Å². The molecule has 0 amide bonds. The van der Waals surface area contributed by atoms with E-state index >= 15 is 0 Å². The Morgan fingerprint density at radius 1 is 1.25 bits per heavy atom. The van der Waals surface area contributed by atoms with Crippen LogP contribution < -0.4 is 11.6 Å². The van der Waals surface area contributed by atoms with E-state index in [4.69, 9.17) is 16.7 Å². The third-order valence-corrected chi connectivity index (χ3v) is 6.94. The minimum atomic E-state index is -0.141. The van der Waals surface area contributed by atoms with Gasteiger partial charge in [0.15, 0.2) is 0 Å². The number of rotatable bonds is 4. The second kappa shape index (κ2) is 8.06. The van der Waals surface area contributed by atoms with E-state index in [1.54, 1.807) is 6.33 Å². The highest BCUT2D eigenvalue weighted by Gasteiger charge is 2.48. The number of hydrogen-bond donors (Lipinski definition) is 3. The Labute approximate surface area is 187 Å². The number of hydrogen-bond acceptors (Lipinski definition) is 7. The molecule has 0 bridgehead atoms. The van der Waals surface area contributed by atoms with Crippen molar-refractivity contribution in [3.8, 4) is 11.3 Å². The highest BCUT2D eigenvalue weighted by molar-refractivity contribution is 5.90. The maximum absolute atomic E-state index is 6.27. The molecule has 11 nitrogen and oxygen atoms in total. The molecule has 1 aliphatic carbocycles. The monoisotopic (exact) mass is 437 g/mol. The quantitative estimate of drug-likeness (QED) is 0.226. The lowest BCUT2D eigenvalue weighted by Gasteiger charge is -2.53. The first-order chi connectivity index (χ1) is 15.5. The standard InChI is InChI=1S/C21H31N11/c1-29(2)20(28-23)31-7-5-30(6-8-31)16-9-21(10-16,13-22)32-12-15(11-27-32)18-17-3-4-24-19(17)26-14-25-18/h3-4,11-12,14,16H,5-10,13,22-23H2,1-2H3,(H,24,25,26)/b28-20+. The van der Waals surface area contributed by atoms with E-state index in [2.05, 4.69) is 40.7 Å². The van der Waals surface area contributed by atoms with E-state index in [1.807, 2.05) is 37.5 Å². The first-order valence-electron chi connectivity index (χ1n) is 11.0. The molecular formula is C21H31N11. The summed E-state index contributed by atoms with van der Waals surface area (Å²) in [6.45, 7) is 4.40. The van der Waals surface area contributed by atoms with Gasteiger partial charge < -0.3 is 26.4 Å². The van der Waals surface area contributed by atoms with Gasteiger partial charge in [-0.2, -0.15) is 5.10 Å². The SMILES string of the molecule is CN(C)/C(=N\N)N1CCN(C2CC(CN)(n3cc(-c4ncnc5[nH]ccc45)cn3)C2)CC1. The summed E-state index contributed by atoms with van der Waals surface area (Å²) < 4.78 is 2.06. The third kappa shape index (κ3) is 3.37. The Hall–Kier alpha value is -3.18. The molecule has 2 aliphatic rings. The Balaban J connectivity index is 1.26. The number of aromatic amines is 1. The van der Waals surface area contributed by atoms with Crippen molar-refractivity contribution in [3.05, 3.63) is 31.0 Å². The van der Waals surface area contributed by atoms with Gasteiger partial charge in [-0.15, -0.1) is 5.10 Å². The van der Waals surface area contributed by atoms with E-state index in [9.17, 15) is 0 Å². The minimum Gasteiger partial charge on any atom is -0.347 e. The topological polar surface area (TPSA) is 134 Å². The second-order valence-electron chi connectivity index (χ2n) is 8.97. The predicted octanol–water partition coefficient (Wildman–Crippen LogP) is 0.0467. The maximum atomic E-state index is 6.27. The summed E-state index contributed by atoms with van der Waals surface area (Å²) in [5.41, 5.74) is 8.84. The van der Waals surface area contributed by atoms with Crippen LogP contribution >= 0.6 is 0 Å². The molecule has 1 saturated carbocycles. The van der Waals surface area contributed by atoms with Gasteiger partial charge in [0, 0.05) is 76.2 Å². The van der Waals surface area contributed by atoms with E-state index < -0.39 is 0 Å². The van der Waals surface area contributed by atoms with Crippen molar-refractivity contribution >= 4 is 17.0 Å². The summed E-state index contributed by atoms with van der Waals surface area (Å²) in [5, 5.41) is 9.64. The van der Waals surface area contributed by atoms with Gasteiger partial charge in [-0.25, -0.2) is 9.97 Å². The molecule has 32 heavy (non-hydrogen) atoms. The molecule has 0 atom stereocenters. The first kappa shape index (κ1) is 20.7. The summed E-state index contributed by atoms with van der Waals surface area (Å²) in [6.07, 6.45) is 9.43. The minimum absolute atomic E-state index is 0.141. The highest BCUT2D eigenvalue weighted by Crippen LogP contribution is 2.42. The van der Waals surface area contributed by atoms with Crippen LogP contribution in [-0.4, -0.2) is 98.3 Å². The normalized spacial score (nSPS) is 24.7. The maximum Gasteiger partial charge on any atom is 0.218 e. The molecule has 4 heterocycles. The van der Waals surface area contributed by atoms with Crippen molar-refractivity contribution in [2.45, 2.75) is 24.4 Å². The Kier molecular flexibility index (Phi) is 5.22. The Bertz CT molecular complexity index is 1100. The van der Waals surface area contributed by atoms with Crippen molar-refractivity contribution in [3.63, 3.8) is 0 Å². The number of nitrogens with one attached hydrogen (secondary N) is 1. The number of aromatic nitrogens is 5. The summed E-state index contributed by atoms with van der Waals surface area (Å²) in [6, 6.07) is 2.51. The van der Waals surface area contributed by atoms with E-state index in [1.165, 1.54) is 0 Å². The molecule has 3 aromatic rings. The Morgan fingerprint density at radius 3 is 2.72 bits per heavy atom. The van der Waals surface area contributed by atoms with Crippen molar-refractivity contribution in [1.29, 1.82) is 0 Å².